The summed E-state index contributed by atoms with van der Waals surface area (Å²) in [6.45, 7) is 4.06. The van der Waals surface area contributed by atoms with Crippen LogP contribution in [0.4, 0.5) is 5.69 Å². The first-order valence-corrected chi connectivity index (χ1v) is 10.5. The fourth-order valence-corrected chi connectivity index (χ4v) is 3.77. The highest BCUT2D eigenvalue weighted by Gasteiger charge is 2.25. The van der Waals surface area contributed by atoms with Crippen molar-refractivity contribution in [2.75, 3.05) is 31.1 Å². The lowest BCUT2D eigenvalue weighted by molar-refractivity contribution is 0.0740. The summed E-state index contributed by atoms with van der Waals surface area (Å²) in [6, 6.07) is 13.8. The summed E-state index contributed by atoms with van der Waals surface area (Å²) in [4.78, 5) is 32.6. The van der Waals surface area contributed by atoms with Crippen molar-refractivity contribution >= 4 is 17.4 Å². The van der Waals surface area contributed by atoms with Gasteiger partial charge in [-0.05, 0) is 55.3 Å². The first kappa shape index (κ1) is 21.6. The van der Waals surface area contributed by atoms with E-state index in [1.165, 1.54) is 6.26 Å². The zero-order chi connectivity index (χ0) is 22.7. The van der Waals surface area contributed by atoms with Gasteiger partial charge in [0.2, 0.25) is 5.89 Å². The number of piperazine rings is 1. The Morgan fingerprint density at radius 3 is 2.34 bits per heavy atom. The smallest absolute Gasteiger partial charge is 0.275 e. The number of hydrogen-bond acceptors (Lipinski definition) is 7. The minimum absolute atomic E-state index is 0.0433. The molecule has 8 heteroatoms. The van der Waals surface area contributed by atoms with Crippen LogP contribution in [-0.4, -0.2) is 52.9 Å². The first-order chi connectivity index (χ1) is 15.4. The number of benzene rings is 2. The van der Waals surface area contributed by atoms with E-state index in [1.54, 1.807) is 36.1 Å². The molecule has 1 atom stereocenters. The van der Waals surface area contributed by atoms with E-state index in [0.29, 0.717) is 44.1 Å². The van der Waals surface area contributed by atoms with Crippen LogP contribution in [0.3, 0.4) is 0 Å². The highest BCUT2D eigenvalue weighted by atomic mass is 16.3. The van der Waals surface area contributed by atoms with Crippen LogP contribution < -0.4 is 10.6 Å². The number of aromatic hydroxyl groups is 1. The molecule has 0 saturated carbocycles. The Kier molecular flexibility index (Phi) is 6.23. The van der Waals surface area contributed by atoms with Gasteiger partial charge in [0.25, 0.3) is 5.91 Å². The number of carbonyl (C=O) groups is 2. The predicted molar refractivity (Wildman–Crippen MR) is 120 cm³/mol. The molecule has 1 fully saturated rings. The molecule has 0 spiro atoms. The summed E-state index contributed by atoms with van der Waals surface area (Å²) >= 11 is 0. The molecule has 3 N–H and O–H groups in total. The van der Waals surface area contributed by atoms with E-state index in [4.69, 9.17) is 10.2 Å². The molecule has 8 nitrogen and oxygen atoms in total. The molecule has 1 aromatic heterocycles. The lowest BCUT2D eigenvalue weighted by Gasteiger charge is -2.35. The van der Waals surface area contributed by atoms with Gasteiger partial charge in [-0.25, -0.2) is 4.98 Å². The minimum atomic E-state index is -0.490. The van der Waals surface area contributed by atoms with E-state index in [0.717, 1.165) is 11.3 Å². The van der Waals surface area contributed by atoms with Gasteiger partial charge in [0.05, 0.1) is 6.04 Å². The zero-order valence-electron chi connectivity index (χ0n) is 17.9. The van der Waals surface area contributed by atoms with E-state index in [-0.39, 0.29) is 23.1 Å². The molecule has 1 saturated heterocycles. The number of Topliss-reactive ketones (excluding diaryl/α,β-unsaturated/α-hetero) is 1. The third kappa shape index (κ3) is 4.81. The number of phenols is 1. The lowest BCUT2D eigenvalue weighted by atomic mass is 10.1. The second-order valence-corrected chi connectivity index (χ2v) is 7.93. The molecule has 1 unspecified atom stereocenters. The average molecular weight is 434 g/mol. The van der Waals surface area contributed by atoms with Crippen LogP contribution in [0.5, 0.6) is 5.75 Å². The molecule has 166 valence electrons. The van der Waals surface area contributed by atoms with Gasteiger partial charge in [-0.15, -0.1) is 0 Å². The Balaban J connectivity index is 1.34. The van der Waals surface area contributed by atoms with Crippen LogP contribution >= 0.6 is 0 Å². The van der Waals surface area contributed by atoms with Gasteiger partial charge < -0.3 is 25.1 Å². The molecular formula is C24H26N4O4. The number of nitrogens with two attached hydrogens (primary N) is 1. The van der Waals surface area contributed by atoms with Crippen molar-refractivity contribution in [3.8, 4) is 5.75 Å². The molecule has 1 aliphatic rings. The Morgan fingerprint density at radius 2 is 1.72 bits per heavy atom. The van der Waals surface area contributed by atoms with Crippen LogP contribution in [-0.2, 0) is 6.42 Å². The van der Waals surface area contributed by atoms with Gasteiger partial charge in [0.15, 0.2) is 11.5 Å². The summed E-state index contributed by atoms with van der Waals surface area (Å²) < 4.78 is 5.48. The molecule has 0 aliphatic carbocycles. The molecule has 1 aliphatic heterocycles. The van der Waals surface area contributed by atoms with Gasteiger partial charge in [-0.1, -0.05) is 12.1 Å². The largest absolute Gasteiger partial charge is 0.508 e. The summed E-state index contributed by atoms with van der Waals surface area (Å²) in [5, 5.41) is 9.39. The van der Waals surface area contributed by atoms with Crippen molar-refractivity contribution in [1.82, 2.24) is 9.88 Å². The van der Waals surface area contributed by atoms with Gasteiger partial charge in [-0.2, -0.15) is 0 Å². The van der Waals surface area contributed by atoms with Crippen LogP contribution in [0.15, 0.2) is 59.2 Å². The minimum Gasteiger partial charge on any atom is -0.508 e. The molecule has 2 aromatic carbocycles. The average Bonchev–Trinajstić information content (AvgIpc) is 3.31. The maximum Gasteiger partial charge on any atom is 0.275 e. The molecule has 4 rings (SSSR count). The fraction of sp³-hybridized carbons (Fsp3) is 0.292. The van der Waals surface area contributed by atoms with E-state index in [1.807, 2.05) is 24.3 Å². The van der Waals surface area contributed by atoms with Gasteiger partial charge in [0, 0.05) is 37.4 Å². The topological polar surface area (TPSA) is 113 Å². The SMILES string of the molecule is CC(=O)c1ccc(N2CCN(C(=O)c3coc(C(N)Cc4ccc(O)cc4)n3)CC2)cc1. The van der Waals surface area contributed by atoms with E-state index >= 15 is 0 Å². The third-order valence-electron chi connectivity index (χ3n) is 5.66. The molecule has 32 heavy (non-hydrogen) atoms. The number of hydrogen-bond donors (Lipinski definition) is 2. The van der Waals surface area contributed by atoms with Crippen LogP contribution in [0.25, 0.3) is 0 Å². The van der Waals surface area contributed by atoms with Crippen LogP contribution in [0, 0.1) is 0 Å². The summed E-state index contributed by atoms with van der Waals surface area (Å²) in [5.74, 6) is 0.371. The van der Waals surface area contributed by atoms with Crippen LogP contribution in [0.2, 0.25) is 0 Å². The molecular weight excluding hydrogens is 408 g/mol. The van der Waals surface area contributed by atoms with Crippen molar-refractivity contribution in [2.45, 2.75) is 19.4 Å². The number of carbonyl (C=O) groups excluding carboxylic acids is 2. The number of amides is 1. The monoisotopic (exact) mass is 434 g/mol. The highest BCUT2D eigenvalue weighted by molar-refractivity contribution is 5.94. The third-order valence-corrected chi connectivity index (χ3v) is 5.66. The lowest BCUT2D eigenvalue weighted by Crippen LogP contribution is -2.48. The Bertz CT molecular complexity index is 1080. The van der Waals surface area contributed by atoms with E-state index < -0.39 is 6.04 Å². The second-order valence-electron chi connectivity index (χ2n) is 7.93. The Labute approximate surface area is 186 Å². The molecule has 0 radical (unpaired) electrons. The van der Waals surface area contributed by atoms with Gasteiger partial charge in [-0.3, -0.25) is 9.59 Å². The molecule has 2 heterocycles. The number of ketones is 1. The molecule has 1 amide bonds. The maximum absolute atomic E-state index is 12.9. The maximum atomic E-state index is 12.9. The van der Waals surface area contributed by atoms with Crippen molar-refractivity contribution in [1.29, 1.82) is 0 Å². The standard InChI is InChI=1S/C24H26N4O4/c1-16(29)18-4-6-19(7-5-18)27-10-12-28(13-11-27)24(31)22-15-32-23(26-22)21(25)14-17-2-8-20(30)9-3-17/h2-9,15,21,30H,10-14,25H2,1H3. The number of rotatable bonds is 6. The number of oxazole rings is 1. The number of phenolic OH excluding ortho intramolecular Hbond substituents is 1. The van der Waals surface area contributed by atoms with E-state index in [2.05, 4.69) is 9.88 Å². The van der Waals surface area contributed by atoms with Crippen molar-refractivity contribution < 1.29 is 19.1 Å². The van der Waals surface area contributed by atoms with E-state index in [9.17, 15) is 14.7 Å². The normalized spacial score (nSPS) is 14.9. The number of nitrogens with zero attached hydrogens (tertiary/aromatic N) is 3. The van der Waals surface area contributed by atoms with Crippen molar-refractivity contribution in [2.24, 2.45) is 5.73 Å². The quantitative estimate of drug-likeness (QED) is 0.574. The number of anilines is 1. The highest BCUT2D eigenvalue weighted by Crippen LogP contribution is 2.21. The summed E-state index contributed by atoms with van der Waals surface area (Å²) in [6.07, 6.45) is 1.84. The van der Waals surface area contributed by atoms with Gasteiger partial charge in [0.1, 0.15) is 12.0 Å². The van der Waals surface area contributed by atoms with Crippen LogP contribution in [0.1, 0.15) is 45.3 Å². The van der Waals surface area contributed by atoms with Gasteiger partial charge >= 0.3 is 0 Å². The predicted octanol–water partition coefficient (Wildman–Crippen LogP) is 2.79. The fourth-order valence-electron chi connectivity index (χ4n) is 3.77. The first-order valence-electron chi connectivity index (χ1n) is 10.5. The summed E-state index contributed by atoms with van der Waals surface area (Å²) in [7, 11) is 0. The molecule has 3 aromatic rings. The number of aromatic nitrogens is 1. The molecule has 0 bridgehead atoms. The summed E-state index contributed by atoms with van der Waals surface area (Å²) in [5.41, 5.74) is 9.11. The zero-order valence-corrected chi connectivity index (χ0v) is 17.9. The Hall–Kier alpha value is -3.65. The van der Waals surface area contributed by atoms with Crippen molar-refractivity contribution in [3.63, 3.8) is 0 Å². The van der Waals surface area contributed by atoms with Crippen molar-refractivity contribution in [3.05, 3.63) is 77.5 Å². The Morgan fingerprint density at radius 1 is 1.06 bits per heavy atom. The second kappa shape index (κ2) is 9.23.